The SMILES string of the molecule is COc1ccc(C(=NO)N2CCCc3cc(C4=NNC(=O)SC4(C)C)ccc32)c(OC)c1. The maximum atomic E-state index is 11.7. The molecule has 9 heteroatoms. The number of hydrogen-bond donors (Lipinski definition) is 2. The van der Waals surface area contributed by atoms with Gasteiger partial charge in [-0.3, -0.25) is 4.79 Å². The zero-order valence-electron chi connectivity index (χ0n) is 18.5. The van der Waals surface area contributed by atoms with Gasteiger partial charge in [0.1, 0.15) is 11.5 Å². The van der Waals surface area contributed by atoms with Crippen molar-refractivity contribution in [2.75, 3.05) is 25.7 Å². The number of fused-ring (bicyclic) bond motifs is 1. The molecule has 8 nitrogen and oxygen atoms in total. The number of rotatable bonds is 4. The number of hydrogen-bond acceptors (Lipinski definition) is 7. The highest BCUT2D eigenvalue weighted by molar-refractivity contribution is 8.15. The fraction of sp³-hybridized carbons (Fsp3) is 0.348. The number of methoxy groups -OCH3 is 2. The van der Waals surface area contributed by atoms with Gasteiger partial charge >= 0.3 is 0 Å². The molecule has 0 aliphatic carbocycles. The molecule has 0 unspecified atom stereocenters. The van der Waals surface area contributed by atoms with E-state index in [-0.39, 0.29) is 5.24 Å². The first-order chi connectivity index (χ1) is 15.4. The van der Waals surface area contributed by atoms with Crippen LogP contribution in [-0.4, -0.2) is 47.5 Å². The number of nitrogens with zero attached hydrogens (tertiary/aromatic N) is 3. The largest absolute Gasteiger partial charge is 0.497 e. The lowest BCUT2D eigenvalue weighted by atomic mass is 9.93. The third-order valence-corrected chi connectivity index (χ3v) is 6.63. The van der Waals surface area contributed by atoms with E-state index in [1.807, 2.05) is 43.0 Å². The maximum Gasteiger partial charge on any atom is 0.300 e. The van der Waals surface area contributed by atoms with Crippen molar-refractivity contribution in [1.82, 2.24) is 5.43 Å². The van der Waals surface area contributed by atoms with Crippen LogP contribution in [0.4, 0.5) is 10.5 Å². The molecule has 0 saturated heterocycles. The Labute approximate surface area is 191 Å². The molecule has 0 aromatic heterocycles. The smallest absolute Gasteiger partial charge is 0.300 e. The molecule has 0 bridgehead atoms. The Balaban J connectivity index is 1.72. The fourth-order valence-corrected chi connectivity index (χ4v) is 4.97. The van der Waals surface area contributed by atoms with Gasteiger partial charge in [0, 0.05) is 18.3 Å². The highest BCUT2D eigenvalue weighted by Crippen LogP contribution is 2.36. The molecular weight excluding hydrogens is 428 g/mol. The summed E-state index contributed by atoms with van der Waals surface area (Å²) in [6.45, 7) is 4.69. The summed E-state index contributed by atoms with van der Waals surface area (Å²) in [5, 5.41) is 17.8. The minimum Gasteiger partial charge on any atom is -0.497 e. The van der Waals surface area contributed by atoms with Gasteiger partial charge in [-0.25, -0.2) is 5.43 Å². The van der Waals surface area contributed by atoms with Gasteiger partial charge in [0.15, 0.2) is 5.84 Å². The van der Waals surface area contributed by atoms with E-state index in [0.717, 1.165) is 35.4 Å². The second-order valence-electron chi connectivity index (χ2n) is 8.06. The Morgan fingerprint density at radius 3 is 2.72 bits per heavy atom. The molecule has 2 heterocycles. The number of amidine groups is 1. The van der Waals surface area contributed by atoms with Crippen LogP contribution in [0.3, 0.4) is 0 Å². The van der Waals surface area contributed by atoms with Crippen LogP contribution in [0.2, 0.25) is 0 Å². The van der Waals surface area contributed by atoms with Crippen LogP contribution in [0.15, 0.2) is 46.7 Å². The van der Waals surface area contributed by atoms with Crippen LogP contribution >= 0.6 is 11.8 Å². The average molecular weight is 455 g/mol. The number of thioether (sulfide) groups is 1. The minimum absolute atomic E-state index is 0.153. The van der Waals surface area contributed by atoms with E-state index in [4.69, 9.17) is 9.47 Å². The molecule has 2 aromatic carbocycles. The van der Waals surface area contributed by atoms with Crippen molar-refractivity contribution in [3.63, 3.8) is 0 Å². The van der Waals surface area contributed by atoms with E-state index in [9.17, 15) is 10.0 Å². The maximum absolute atomic E-state index is 11.7. The van der Waals surface area contributed by atoms with Crippen LogP contribution in [0.25, 0.3) is 0 Å². The summed E-state index contributed by atoms with van der Waals surface area (Å²) >= 11 is 1.23. The van der Waals surface area contributed by atoms with Gasteiger partial charge in [0.25, 0.3) is 5.24 Å². The number of oxime groups is 1. The molecule has 32 heavy (non-hydrogen) atoms. The molecule has 2 aliphatic rings. The van der Waals surface area contributed by atoms with Gasteiger partial charge in [-0.1, -0.05) is 23.0 Å². The standard InChI is InChI=1S/C23H26N4O4S/c1-23(2)20(24-25-22(28)32-23)15-7-10-18-14(12-15)6-5-11-27(18)21(26-29)17-9-8-16(30-3)13-19(17)31-4/h7-10,12-13,29H,5-6,11H2,1-4H3,(H,25,28). The highest BCUT2D eigenvalue weighted by atomic mass is 32.2. The van der Waals surface area contributed by atoms with Gasteiger partial charge in [-0.05, 0) is 62.1 Å². The van der Waals surface area contributed by atoms with Crippen LogP contribution in [0, 0.1) is 0 Å². The number of anilines is 1. The first kappa shape index (κ1) is 22.0. The number of carbonyl (C=O) groups is 1. The Morgan fingerprint density at radius 2 is 2.03 bits per heavy atom. The van der Waals surface area contributed by atoms with Gasteiger partial charge in [-0.2, -0.15) is 5.10 Å². The Hall–Kier alpha value is -3.20. The first-order valence-corrected chi connectivity index (χ1v) is 11.1. The zero-order valence-corrected chi connectivity index (χ0v) is 19.3. The Morgan fingerprint density at radius 1 is 1.22 bits per heavy atom. The second-order valence-corrected chi connectivity index (χ2v) is 9.66. The zero-order chi connectivity index (χ0) is 22.9. The topological polar surface area (TPSA) is 95.8 Å². The van der Waals surface area contributed by atoms with Gasteiger partial charge in [0.05, 0.1) is 30.2 Å². The number of aryl methyl sites for hydroxylation is 1. The van der Waals surface area contributed by atoms with Crippen molar-refractivity contribution in [1.29, 1.82) is 0 Å². The third-order valence-electron chi connectivity index (χ3n) is 5.65. The predicted molar refractivity (Wildman–Crippen MR) is 127 cm³/mol. The molecule has 2 aliphatic heterocycles. The molecule has 4 rings (SSSR count). The minimum atomic E-state index is -0.431. The molecule has 0 radical (unpaired) electrons. The first-order valence-electron chi connectivity index (χ1n) is 10.3. The summed E-state index contributed by atoms with van der Waals surface area (Å²) in [6.07, 6.45) is 1.79. The van der Waals surface area contributed by atoms with E-state index in [1.54, 1.807) is 20.3 Å². The molecule has 0 fully saturated rings. The average Bonchev–Trinajstić information content (AvgIpc) is 2.78. The van der Waals surface area contributed by atoms with Crippen molar-refractivity contribution in [3.8, 4) is 11.5 Å². The number of carbonyl (C=O) groups excluding carboxylic acids is 1. The lowest BCUT2D eigenvalue weighted by Gasteiger charge is -2.33. The quantitative estimate of drug-likeness (QED) is 0.311. The van der Waals surface area contributed by atoms with E-state index in [2.05, 4.69) is 21.7 Å². The van der Waals surface area contributed by atoms with E-state index in [0.29, 0.717) is 29.4 Å². The van der Waals surface area contributed by atoms with E-state index in [1.165, 1.54) is 11.8 Å². The fourth-order valence-electron chi connectivity index (χ4n) is 4.15. The van der Waals surface area contributed by atoms with Gasteiger partial charge in [-0.15, -0.1) is 0 Å². The van der Waals surface area contributed by atoms with E-state index >= 15 is 0 Å². The molecule has 2 aromatic rings. The van der Waals surface area contributed by atoms with Crippen molar-refractivity contribution in [2.45, 2.75) is 31.4 Å². The molecular formula is C23H26N4O4S. The summed E-state index contributed by atoms with van der Waals surface area (Å²) in [5.41, 5.74) is 7.13. The Bertz CT molecular complexity index is 1110. The Kier molecular flexibility index (Phi) is 6.01. The number of benzene rings is 2. The summed E-state index contributed by atoms with van der Waals surface area (Å²) in [4.78, 5) is 13.7. The molecule has 0 saturated carbocycles. The third kappa shape index (κ3) is 4.00. The normalized spacial score (nSPS) is 17.9. The molecule has 0 spiro atoms. The van der Waals surface area contributed by atoms with E-state index < -0.39 is 4.75 Å². The van der Waals surface area contributed by atoms with Gasteiger partial charge < -0.3 is 19.6 Å². The lowest BCUT2D eigenvalue weighted by molar-refractivity contribution is 0.260. The number of hydrazone groups is 1. The summed E-state index contributed by atoms with van der Waals surface area (Å²) < 4.78 is 10.4. The van der Waals surface area contributed by atoms with Crippen LogP contribution in [-0.2, 0) is 6.42 Å². The molecule has 168 valence electrons. The van der Waals surface area contributed by atoms with Gasteiger partial charge in [0.2, 0.25) is 0 Å². The molecule has 0 atom stereocenters. The molecule has 2 N–H and O–H groups in total. The summed E-state index contributed by atoms with van der Waals surface area (Å²) in [6, 6.07) is 11.5. The van der Waals surface area contributed by atoms with Crippen LogP contribution in [0.1, 0.15) is 37.0 Å². The van der Waals surface area contributed by atoms with Crippen LogP contribution in [0.5, 0.6) is 11.5 Å². The van der Waals surface area contributed by atoms with Crippen molar-refractivity contribution in [2.24, 2.45) is 10.3 Å². The molecule has 1 amide bonds. The summed E-state index contributed by atoms with van der Waals surface area (Å²) in [5.74, 6) is 1.63. The van der Waals surface area contributed by atoms with Crippen LogP contribution < -0.4 is 19.8 Å². The highest BCUT2D eigenvalue weighted by Gasteiger charge is 2.35. The number of amides is 1. The second kappa shape index (κ2) is 8.74. The lowest BCUT2D eigenvalue weighted by Crippen LogP contribution is -2.39. The van der Waals surface area contributed by atoms with Crippen molar-refractivity contribution >= 4 is 34.2 Å². The predicted octanol–water partition coefficient (Wildman–Crippen LogP) is 4.23. The van der Waals surface area contributed by atoms with Crippen molar-refractivity contribution in [3.05, 3.63) is 53.1 Å². The van der Waals surface area contributed by atoms with Crippen molar-refractivity contribution < 1.29 is 19.5 Å². The summed E-state index contributed by atoms with van der Waals surface area (Å²) in [7, 11) is 3.17. The number of nitrogens with one attached hydrogen (secondary N) is 1. The monoisotopic (exact) mass is 454 g/mol. The number of ether oxygens (including phenoxy) is 2.